The van der Waals surface area contributed by atoms with E-state index in [1.54, 1.807) is 0 Å². The van der Waals surface area contributed by atoms with Crippen molar-refractivity contribution < 1.29 is 5.11 Å². The van der Waals surface area contributed by atoms with Crippen LogP contribution in [0.4, 0.5) is 0 Å². The van der Waals surface area contributed by atoms with Gasteiger partial charge in [-0.3, -0.25) is 0 Å². The molecule has 1 heterocycles. The van der Waals surface area contributed by atoms with Crippen LogP contribution in [0.15, 0.2) is 0 Å². The van der Waals surface area contributed by atoms with Crippen LogP contribution in [0.3, 0.4) is 0 Å². The van der Waals surface area contributed by atoms with Gasteiger partial charge in [0.25, 0.3) is 0 Å². The van der Waals surface area contributed by atoms with Crippen LogP contribution in [0.5, 0.6) is 0 Å². The maximum atomic E-state index is 8.79. The molecular formula is C7H16N2O. The molecule has 1 atom stereocenters. The number of aliphatic hydroxyl groups is 1. The van der Waals surface area contributed by atoms with Gasteiger partial charge >= 0.3 is 0 Å². The summed E-state index contributed by atoms with van der Waals surface area (Å²) in [5.74, 6) is 0.506. The summed E-state index contributed by atoms with van der Waals surface area (Å²) in [6, 6.07) is 0. The minimum atomic E-state index is 0.334. The fourth-order valence-corrected chi connectivity index (χ4v) is 1.45. The zero-order valence-electron chi connectivity index (χ0n) is 6.29. The Hall–Kier alpha value is -0.120. The summed E-state index contributed by atoms with van der Waals surface area (Å²) >= 11 is 0. The maximum absolute atomic E-state index is 8.79. The number of nitrogens with zero attached hydrogens (tertiary/aromatic N) is 1. The van der Waals surface area contributed by atoms with Gasteiger partial charge in [-0.25, -0.2) is 0 Å². The quantitative estimate of drug-likeness (QED) is 0.548. The Morgan fingerprint density at radius 3 is 2.90 bits per heavy atom. The zero-order valence-corrected chi connectivity index (χ0v) is 6.29. The lowest BCUT2D eigenvalue weighted by Gasteiger charge is -2.12. The van der Waals surface area contributed by atoms with Crippen molar-refractivity contribution in [1.82, 2.24) is 4.90 Å². The fourth-order valence-electron chi connectivity index (χ4n) is 1.45. The van der Waals surface area contributed by atoms with E-state index in [2.05, 4.69) is 4.90 Å². The standard InChI is InChI=1S/C7H16N2O/c8-2-4-9-3-1-7(5-9)6-10/h7,10H,1-6,8H2. The molecule has 0 aromatic carbocycles. The molecule has 1 saturated heterocycles. The molecule has 10 heavy (non-hydrogen) atoms. The first kappa shape index (κ1) is 7.98. The Balaban J connectivity index is 2.15. The number of nitrogens with two attached hydrogens (primary N) is 1. The van der Waals surface area contributed by atoms with Crippen LogP contribution >= 0.6 is 0 Å². The smallest absolute Gasteiger partial charge is 0.0471 e. The van der Waals surface area contributed by atoms with E-state index in [4.69, 9.17) is 10.8 Å². The highest BCUT2D eigenvalue weighted by molar-refractivity contribution is 4.74. The van der Waals surface area contributed by atoms with Gasteiger partial charge in [-0.1, -0.05) is 0 Å². The second-order valence-electron chi connectivity index (χ2n) is 2.93. The molecule has 0 saturated carbocycles. The number of hydrogen-bond acceptors (Lipinski definition) is 3. The second-order valence-corrected chi connectivity index (χ2v) is 2.93. The highest BCUT2D eigenvalue weighted by Crippen LogP contribution is 2.13. The van der Waals surface area contributed by atoms with Crippen molar-refractivity contribution in [2.45, 2.75) is 6.42 Å². The topological polar surface area (TPSA) is 49.5 Å². The van der Waals surface area contributed by atoms with Crippen LogP contribution in [0.25, 0.3) is 0 Å². The summed E-state index contributed by atoms with van der Waals surface area (Å²) in [6.45, 7) is 4.20. The van der Waals surface area contributed by atoms with Gasteiger partial charge in [-0.15, -0.1) is 0 Å². The highest BCUT2D eigenvalue weighted by atomic mass is 16.3. The molecule has 0 amide bonds. The third-order valence-corrected chi connectivity index (χ3v) is 2.07. The molecule has 0 spiro atoms. The molecule has 60 valence electrons. The molecule has 1 unspecified atom stereocenters. The molecule has 0 aromatic rings. The van der Waals surface area contributed by atoms with E-state index in [9.17, 15) is 0 Å². The van der Waals surface area contributed by atoms with E-state index in [0.717, 1.165) is 32.6 Å². The van der Waals surface area contributed by atoms with E-state index < -0.39 is 0 Å². The maximum Gasteiger partial charge on any atom is 0.0471 e. The molecule has 1 aliphatic rings. The number of rotatable bonds is 3. The summed E-state index contributed by atoms with van der Waals surface area (Å²) in [6.07, 6.45) is 1.14. The van der Waals surface area contributed by atoms with Crippen molar-refractivity contribution in [2.75, 3.05) is 32.8 Å². The van der Waals surface area contributed by atoms with Crippen molar-refractivity contribution in [1.29, 1.82) is 0 Å². The molecular weight excluding hydrogens is 128 g/mol. The lowest BCUT2D eigenvalue weighted by atomic mass is 10.1. The number of hydrogen-bond donors (Lipinski definition) is 2. The lowest BCUT2D eigenvalue weighted by Crippen LogP contribution is -2.27. The predicted octanol–water partition coefficient (Wildman–Crippen LogP) is -0.741. The van der Waals surface area contributed by atoms with Gasteiger partial charge in [-0.05, 0) is 18.9 Å². The molecule has 3 nitrogen and oxygen atoms in total. The third kappa shape index (κ3) is 1.94. The van der Waals surface area contributed by atoms with Crippen LogP contribution in [0.1, 0.15) is 6.42 Å². The van der Waals surface area contributed by atoms with Crippen molar-refractivity contribution in [2.24, 2.45) is 11.7 Å². The van der Waals surface area contributed by atoms with Crippen molar-refractivity contribution in [3.05, 3.63) is 0 Å². The van der Waals surface area contributed by atoms with Gasteiger partial charge in [0.2, 0.25) is 0 Å². The van der Waals surface area contributed by atoms with Crippen LogP contribution in [0, 0.1) is 5.92 Å². The first-order valence-electron chi connectivity index (χ1n) is 3.90. The minimum absolute atomic E-state index is 0.334. The van der Waals surface area contributed by atoms with Gasteiger partial charge in [-0.2, -0.15) is 0 Å². The predicted molar refractivity (Wildman–Crippen MR) is 40.7 cm³/mol. The SMILES string of the molecule is NCCN1CCC(CO)C1. The first-order chi connectivity index (χ1) is 4.86. The molecule has 0 aromatic heterocycles. The van der Waals surface area contributed by atoms with E-state index in [0.29, 0.717) is 12.5 Å². The number of aliphatic hydroxyl groups excluding tert-OH is 1. The van der Waals surface area contributed by atoms with Crippen LogP contribution in [-0.4, -0.2) is 42.8 Å². The Bertz CT molecular complexity index is 97.6. The minimum Gasteiger partial charge on any atom is -0.396 e. The Labute approximate surface area is 61.8 Å². The molecule has 0 aliphatic carbocycles. The third-order valence-electron chi connectivity index (χ3n) is 2.07. The normalized spacial score (nSPS) is 27.6. The average molecular weight is 144 g/mol. The van der Waals surface area contributed by atoms with Gasteiger partial charge < -0.3 is 15.7 Å². The Kier molecular flexibility index (Phi) is 3.12. The van der Waals surface area contributed by atoms with Crippen LogP contribution < -0.4 is 5.73 Å². The van der Waals surface area contributed by atoms with Crippen LogP contribution in [-0.2, 0) is 0 Å². The van der Waals surface area contributed by atoms with Crippen molar-refractivity contribution >= 4 is 0 Å². The molecule has 1 fully saturated rings. The van der Waals surface area contributed by atoms with E-state index in [1.807, 2.05) is 0 Å². The summed E-state index contributed by atoms with van der Waals surface area (Å²) in [7, 11) is 0. The van der Waals surface area contributed by atoms with Crippen molar-refractivity contribution in [3.63, 3.8) is 0 Å². The van der Waals surface area contributed by atoms with Gasteiger partial charge in [0.05, 0.1) is 0 Å². The Morgan fingerprint density at radius 1 is 1.60 bits per heavy atom. The lowest BCUT2D eigenvalue weighted by molar-refractivity contribution is 0.223. The molecule has 1 rings (SSSR count). The van der Waals surface area contributed by atoms with E-state index in [-0.39, 0.29) is 0 Å². The first-order valence-corrected chi connectivity index (χ1v) is 3.90. The second kappa shape index (κ2) is 3.91. The van der Waals surface area contributed by atoms with Gasteiger partial charge in [0.1, 0.15) is 0 Å². The largest absolute Gasteiger partial charge is 0.396 e. The monoisotopic (exact) mass is 144 g/mol. The fraction of sp³-hybridized carbons (Fsp3) is 1.00. The van der Waals surface area contributed by atoms with E-state index >= 15 is 0 Å². The zero-order chi connectivity index (χ0) is 7.40. The molecule has 0 bridgehead atoms. The molecule has 0 radical (unpaired) electrons. The average Bonchev–Trinajstić information content (AvgIpc) is 2.37. The molecule has 1 aliphatic heterocycles. The van der Waals surface area contributed by atoms with Gasteiger partial charge in [0, 0.05) is 26.2 Å². The van der Waals surface area contributed by atoms with E-state index in [1.165, 1.54) is 0 Å². The summed E-state index contributed by atoms with van der Waals surface area (Å²) in [4.78, 5) is 2.31. The summed E-state index contributed by atoms with van der Waals surface area (Å²) < 4.78 is 0. The van der Waals surface area contributed by atoms with Crippen molar-refractivity contribution in [3.8, 4) is 0 Å². The van der Waals surface area contributed by atoms with Crippen LogP contribution in [0.2, 0.25) is 0 Å². The Morgan fingerprint density at radius 2 is 2.40 bits per heavy atom. The molecule has 3 heteroatoms. The molecule has 3 N–H and O–H groups in total. The van der Waals surface area contributed by atoms with Gasteiger partial charge in [0.15, 0.2) is 0 Å². The summed E-state index contributed by atoms with van der Waals surface area (Å²) in [5.41, 5.74) is 5.39. The summed E-state index contributed by atoms with van der Waals surface area (Å²) in [5, 5.41) is 8.79. The number of likely N-dealkylation sites (tertiary alicyclic amines) is 1. The highest BCUT2D eigenvalue weighted by Gasteiger charge is 2.20.